The van der Waals surface area contributed by atoms with Crippen molar-refractivity contribution in [3.8, 4) is 0 Å². The van der Waals surface area contributed by atoms with E-state index < -0.39 is 6.10 Å². The van der Waals surface area contributed by atoms with Crippen molar-refractivity contribution in [3.05, 3.63) is 12.0 Å². The molecule has 2 aromatic rings. The molecule has 7 nitrogen and oxygen atoms in total. The first-order valence-electron chi connectivity index (χ1n) is 5.69. The molecule has 0 aliphatic carbocycles. The molecule has 2 N–H and O–H groups in total. The number of aryl methyl sites for hydroxylation is 2. The van der Waals surface area contributed by atoms with Crippen LogP contribution in [0, 0.1) is 6.92 Å². The van der Waals surface area contributed by atoms with E-state index in [2.05, 4.69) is 20.4 Å². The predicted molar refractivity (Wildman–Crippen MR) is 67.4 cm³/mol. The molecule has 2 rings (SSSR count). The first-order chi connectivity index (χ1) is 8.61. The Balaban J connectivity index is 2.22. The van der Waals surface area contributed by atoms with Gasteiger partial charge in [-0.3, -0.25) is 4.68 Å². The molecule has 0 unspecified atom stereocenters. The molecule has 7 heteroatoms. The molecule has 0 spiro atoms. The van der Waals surface area contributed by atoms with Crippen LogP contribution in [0.5, 0.6) is 0 Å². The van der Waals surface area contributed by atoms with Gasteiger partial charge in [-0.2, -0.15) is 5.10 Å². The number of aromatic nitrogens is 4. The Labute approximate surface area is 105 Å². The Morgan fingerprint density at radius 3 is 3.00 bits per heavy atom. The third-order valence-electron chi connectivity index (χ3n) is 2.57. The Hall–Kier alpha value is -1.73. The zero-order valence-corrected chi connectivity index (χ0v) is 10.7. The summed E-state index contributed by atoms with van der Waals surface area (Å²) in [5, 5.41) is 17.7. The van der Waals surface area contributed by atoms with Gasteiger partial charge in [-0.1, -0.05) is 0 Å². The Morgan fingerprint density at radius 2 is 2.28 bits per heavy atom. The van der Waals surface area contributed by atoms with E-state index in [1.54, 1.807) is 18.0 Å². The third-order valence-corrected chi connectivity index (χ3v) is 2.57. The van der Waals surface area contributed by atoms with Gasteiger partial charge in [-0.25, -0.2) is 9.97 Å². The van der Waals surface area contributed by atoms with Crippen LogP contribution in [0.1, 0.15) is 5.82 Å². The van der Waals surface area contributed by atoms with Crippen molar-refractivity contribution >= 4 is 16.9 Å². The molecule has 98 valence electrons. The standard InChI is InChI=1S/C11H17N5O2/c1-7-14-10(12-4-8(17)6-18-3)9-5-13-16(2)11(9)15-7/h5,8,17H,4,6H2,1-3H3,(H,12,14,15)/t8-/m1/s1. The van der Waals surface area contributed by atoms with Gasteiger partial charge in [0, 0.05) is 20.7 Å². The Morgan fingerprint density at radius 1 is 1.50 bits per heavy atom. The maximum absolute atomic E-state index is 9.61. The van der Waals surface area contributed by atoms with E-state index in [9.17, 15) is 5.11 Å². The molecular formula is C11H17N5O2. The monoisotopic (exact) mass is 251 g/mol. The summed E-state index contributed by atoms with van der Waals surface area (Å²) in [7, 11) is 3.38. The lowest BCUT2D eigenvalue weighted by Gasteiger charge is -2.12. The van der Waals surface area contributed by atoms with Crippen LogP contribution in [0.15, 0.2) is 6.20 Å². The van der Waals surface area contributed by atoms with Gasteiger partial charge in [0.1, 0.15) is 11.6 Å². The van der Waals surface area contributed by atoms with Crippen LogP contribution >= 0.6 is 0 Å². The minimum absolute atomic E-state index is 0.285. The van der Waals surface area contributed by atoms with Crippen LogP contribution in [-0.2, 0) is 11.8 Å². The topological polar surface area (TPSA) is 85.1 Å². The second-order valence-electron chi connectivity index (χ2n) is 4.11. The van der Waals surface area contributed by atoms with Crippen LogP contribution in [0.2, 0.25) is 0 Å². The van der Waals surface area contributed by atoms with Crippen LogP contribution < -0.4 is 5.32 Å². The number of aliphatic hydroxyl groups excluding tert-OH is 1. The number of hydrogen-bond donors (Lipinski definition) is 2. The summed E-state index contributed by atoms with van der Waals surface area (Å²) >= 11 is 0. The minimum atomic E-state index is -0.572. The van der Waals surface area contributed by atoms with Crippen molar-refractivity contribution in [2.75, 3.05) is 25.6 Å². The molecule has 0 amide bonds. The van der Waals surface area contributed by atoms with Crippen LogP contribution in [0.25, 0.3) is 11.0 Å². The average molecular weight is 251 g/mol. The largest absolute Gasteiger partial charge is 0.389 e. The maximum atomic E-state index is 9.61. The normalized spacial score (nSPS) is 12.9. The van der Waals surface area contributed by atoms with Crippen molar-refractivity contribution in [3.63, 3.8) is 0 Å². The van der Waals surface area contributed by atoms with Crippen molar-refractivity contribution < 1.29 is 9.84 Å². The Bertz CT molecular complexity index is 539. The summed E-state index contributed by atoms with van der Waals surface area (Å²) in [5.41, 5.74) is 0.770. The number of nitrogens with zero attached hydrogens (tertiary/aromatic N) is 4. The fourth-order valence-corrected chi connectivity index (χ4v) is 1.73. The molecule has 2 aromatic heterocycles. The summed E-state index contributed by atoms with van der Waals surface area (Å²) < 4.78 is 6.56. The number of ether oxygens (including phenoxy) is 1. The zero-order chi connectivity index (χ0) is 13.1. The number of methoxy groups -OCH3 is 1. The molecule has 0 radical (unpaired) electrons. The molecule has 0 fully saturated rings. The van der Waals surface area contributed by atoms with Gasteiger partial charge in [0.05, 0.1) is 24.3 Å². The number of hydrogen-bond acceptors (Lipinski definition) is 6. The van der Waals surface area contributed by atoms with Crippen LogP contribution in [0.4, 0.5) is 5.82 Å². The quantitative estimate of drug-likeness (QED) is 0.783. The first kappa shape index (κ1) is 12.7. The van der Waals surface area contributed by atoms with Crippen molar-refractivity contribution in [1.29, 1.82) is 0 Å². The minimum Gasteiger partial charge on any atom is -0.389 e. The van der Waals surface area contributed by atoms with Gasteiger partial charge in [0.2, 0.25) is 0 Å². The van der Waals surface area contributed by atoms with Crippen molar-refractivity contribution in [1.82, 2.24) is 19.7 Å². The average Bonchev–Trinajstić information content (AvgIpc) is 2.69. The highest BCUT2D eigenvalue weighted by molar-refractivity contribution is 5.86. The highest BCUT2D eigenvalue weighted by Gasteiger charge is 2.11. The van der Waals surface area contributed by atoms with E-state index in [4.69, 9.17) is 4.74 Å². The molecule has 2 heterocycles. The highest BCUT2D eigenvalue weighted by atomic mass is 16.5. The van der Waals surface area contributed by atoms with E-state index in [-0.39, 0.29) is 6.61 Å². The van der Waals surface area contributed by atoms with E-state index >= 15 is 0 Å². The van der Waals surface area contributed by atoms with Gasteiger partial charge < -0.3 is 15.2 Å². The summed E-state index contributed by atoms with van der Waals surface area (Å²) in [6, 6.07) is 0. The second-order valence-corrected chi connectivity index (χ2v) is 4.11. The first-order valence-corrected chi connectivity index (χ1v) is 5.69. The summed E-state index contributed by atoms with van der Waals surface area (Å²) in [5.74, 6) is 1.34. The lowest BCUT2D eigenvalue weighted by molar-refractivity contribution is 0.0727. The number of fused-ring (bicyclic) bond motifs is 1. The lowest BCUT2D eigenvalue weighted by Crippen LogP contribution is -2.24. The van der Waals surface area contributed by atoms with E-state index in [1.165, 1.54) is 0 Å². The van der Waals surface area contributed by atoms with Crippen LogP contribution in [-0.4, -0.2) is 51.2 Å². The van der Waals surface area contributed by atoms with E-state index in [0.29, 0.717) is 18.2 Å². The molecule has 0 aliphatic rings. The van der Waals surface area contributed by atoms with Gasteiger partial charge in [0.25, 0.3) is 0 Å². The fourth-order valence-electron chi connectivity index (χ4n) is 1.73. The summed E-state index contributed by atoms with van der Waals surface area (Å²) in [4.78, 5) is 8.64. The summed E-state index contributed by atoms with van der Waals surface area (Å²) in [6.07, 6.45) is 1.14. The van der Waals surface area contributed by atoms with Crippen molar-refractivity contribution in [2.24, 2.45) is 7.05 Å². The van der Waals surface area contributed by atoms with E-state index in [1.807, 2.05) is 14.0 Å². The van der Waals surface area contributed by atoms with Gasteiger partial charge in [-0.15, -0.1) is 0 Å². The molecule has 0 saturated heterocycles. The lowest BCUT2D eigenvalue weighted by atomic mass is 10.3. The molecule has 0 aliphatic heterocycles. The smallest absolute Gasteiger partial charge is 0.163 e. The molecule has 1 atom stereocenters. The zero-order valence-electron chi connectivity index (χ0n) is 10.7. The van der Waals surface area contributed by atoms with E-state index in [0.717, 1.165) is 11.0 Å². The number of anilines is 1. The van der Waals surface area contributed by atoms with Gasteiger partial charge in [0.15, 0.2) is 5.65 Å². The second kappa shape index (κ2) is 5.28. The Kier molecular flexibility index (Phi) is 3.73. The highest BCUT2D eigenvalue weighted by Crippen LogP contribution is 2.19. The van der Waals surface area contributed by atoms with Gasteiger partial charge in [-0.05, 0) is 6.92 Å². The number of nitrogens with one attached hydrogen (secondary N) is 1. The molecule has 0 aromatic carbocycles. The molecular weight excluding hydrogens is 234 g/mol. The molecule has 18 heavy (non-hydrogen) atoms. The molecule has 0 bridgehead atoms. The van der Waals surface area contributed by atoms with Gasteiger partial charge >= 0.3 is 0 Å². The third kappa shape index (κ3) is 2.57. The maximum Gasteiger partial charge on any atom is 0.163 e. The number of rotatable bonds is 5. The SMILES string of the molecule is COC[C@H](O)CNc1nc(C)nc2c1cnn2C. The van der Waals surface area contributed by atoms with Crippen molar-refractivity contribution in [2.45, 2.75) is 13.0 Å². The van der Waals surface area contributed by atoms with Crippen LogP contribution in [0.3, 0.4) is 0 Å². The summed E-state index contributed by atoms with van der Waals surface area (Å²) in [6.45, 7) is 2.48. The molecule has 0 saturated carbocycles. The fraction of sp³-hybridized carbons (Fsp3) is 0.545. The predicted octanol–water partition coefficient (Wildman–Crippen LogP) is 0.0909. The number of aliphatic hydroxyl groups is 1.